The summed E-state index contributed by atoms with van der Waals surface area (Å²) in [5.41, 5.74) is 1.40. The monoisotopic (exact) mass is 389 g/mol. The smallest absolute Gasteiger partial charge is 0.257 e. The van der Waals surface area contributed by atoms with Gasteiger partial charge in [0.2, 0.25) is 0 Å². The first-order valence-electron chi connectivity index (χ1n) is 7.72. The van der Waals surface area contributed by atoms with E-state index in [9.17, 15) is 9.18 Å². The highest BCUT2D eigenvalue weighted by Gasteiger charge is 2.08. The van der Waals surface area contributed by atoms with Gasteiger partial charge in [-0.2, -0.15) is 0 Å². The number of pyridine rings is 1. The molecule has 2 aromatic carbocycles. The number of hydrogen-bond acceptors (Lipinski definition) is 3. The van der Waals surface area contributed by atoms with Crippen molar-refractivity contribution in [3.8, 4) is 0 Å². The molecule has 0 unspecified atom stereocenters. The van der Waals surface area contributed by atoms with E-state index < -0.39 is 0 Å². The molecule has 0 saturated carbocycles. The van der Waals surface area contributed by atoms with Crippen LogP contribution in [-0.2, 0) is 6.54 Å². The quantitative estimate of drug-likeness (QED) is 0.614. The number of nitrogens with zero attached hydrogens (tertiary/aromatic N) is 1. The van der Waals surface area contributed by atoms with Crippen LogP contribution < -0.4 is 10.6 Å². The molecule has 0 radical (unpaired) electrons. The minimum Gasteiger partial charge on any atom is -0.366 e. The van der Waals surface area contributed by atoms with Crippen LogP contribution in [0.25, 0.3) is 0 Å². The Kier molecular flexibility index (Phi) is 5.71. The number of aromatic nitrogens is 1. The number of halogens is 3. The fourth-order valence-electron chi connectivity index (χ4n) is 2.29. The van der Waals surface area contributed by atoms with E-state index in [1.165, 1.54) is 12.3 Å². The molecule has 0 aliphatic carbocycles. The molecule has 0 spiro atoms. The van der Waals surface area contributed by atoms with Crippen LogP contribution in [0.2, 0.25) is 10.0 Å². The first kappa shape index (κ1) is 18.2. The third kappa shape index (κ3) is 4.71. The number of rotatable bonds is 5. The fraction of sp³-hybridized carbons (Fsp3) is 0.0526. The summed E-state index contributed by atoms with van der Waals surface area (Å²) in [6.07, 6.45) is 1.44. The third-order valence-electron chi connectivity index (χ3n) is 3.56. The average molecular weight is 390 g/mol. The number of anilines is 2. The molecular weight excluding hydrogens is 376 g/mol. The number of nitrogens with one attached hydrogen (secondary N) is 2. The van der Waals surface area contributed by atoms with E-state index in [-0.39, 0.29) is 11.7 Å². The van der Waals surface area contributed by atoms with E-state index in [0.29, 0.717) is 39.2 Å². The Labute approximate surface area is 160 Å². The number of carbonyl (C=O) groups excluding carboxylic acids is 1. The van der Waals surface area contributed by atoms with Crippen LogP contribution in [0.3, 0.4) is 0 Å². The number of carbonyl (C=O) groups is 1. The van der Waals surface area contributed by atoms with Gasteiger partial charge >= 0.3 is 0 Å². The molecule has 7 heteroatoms. The van der Waals surface area contributed by atoms with Gasteiger partial charge in [-0.05, 0) is 36.4 Å². The number of amides is 1. The maximum absolute atomic E-state index is 13.6. The molecule has 0 aliphatic heterocycles. The molecule has 3 aromatic rings. The van der Waals surface area contributed by atoms with E-state index in [2.05, 4.69) is 15.6 Å². The summed E-state index contributed by atoms with van der Waals surface area (Å²) in [5.74, 6) is -0.0803. The van der Waals surface area contributed by atoms with Gasteiger partial charge in [-0.3, -0.25) is 4.79 Å². The molecule has 26 heavy (non-hydrogen) atoms. The van der Waals surface area contributed by atoms with Crippen LogP contribution in [0.5, 0.6) is 0 Å². The highest BCUT2D eigenvalue weighted by atomic mass is 35.5. The Bertz CT molecular complexity index is 912. The van der Waals surface area contributed by atoms with Gasteiger partial charge in [0.15, 0.2) is 0 Å². The van der Waals surface area contributed by atoms with Gasteiger partial charge in [0.1, 0.15) is 11.6 Å². The van der Waals surface area contributed by atoms with Crippen LogP contribution in [0.4, 0.5) is 15.9 Å². The van der Waals surface area contributed by atoms with Crippen molar-refractivity contribution in [3.63, 3.8) is 0 Å². The largest absolute Gasteiger partial charge is 0.366 e. The Hall–Kier alpha value is -2.63. The second-order valence-corrected chi connectivity index (χ2v) is 6.36. The van der Waals surface area contributed by atoms with Crippen LogP contribution in [0.1, 0.15) is 15.9 Å². The highest BCUT2D eigenvalue weighted by molar-refractivity contribution is 6.35. The SMILES string of the molecule is O=C(Nc1cc(Cl)cc(Cl)c1)c1ccc(NCc2ccccc2F)nc1. The summed E-state index contributed by atoms with van der Waals surface area (Å²) >= 11 is 11.8. The normalized spacial score (nSPS) is 10.4. The molecule has 0 saturated heterocycles. The zero-order valence-electron chi connectivity index (χ0n) is 13.5. The Balaban J connectivity index is 1.63. The lowest BCUT2D eigenvalue weighted by Gasteiger charge is -2.09. The van der Waals surface area contributed by atoms with Crippen LogP contribution in [0.15, 0.2) is 60.8 Å². The van der Waals surface area contributed by atoms with Crippen LogP contribution >= 0.6 is 23.2 Å². The maximum atomic E-state index is 13.6. The van der Waals surface area contributed by atoms with Crippen molar-refractivity contribution in [2.45, 2.75) is 6.54 Å². The molecule has 0 atom stereocenters. The van der Waals surface area contributed by atoms with Crippen molar-refractivity contribution in [2.75, 3.05) is 10.6 Å². The zero-order chi connectivity index (χ0) is 18.5. The lowest BCUT2D eigenvalue weighted by molar-refractivity contribution is 0.102. The molecule has 3 rings (SSSR count). The summed E-state index contributed by atoms with van der Waals surface area (Å²) in [6.45, 7) is 0.298. The molecule has 0 aliphatic rings. The summed E-state index contributed by atoms with van der Waals surface area (Å²) in [6, 6.07) is 14.6. The Morgan fingerprint density at radius 2 is 1.77 bits per heavy atom. The van der Waals surface area contributed by atoms with Crippen LogP contribution in [-0.4, -0.2) is 10.9 Å². The Morgan fingerprint density at radius 3 is 2.42 bits per heavy atom. The van der Waals surface area contributed by atoms with Gasteiger partial charge in [0.05, 0.1) is 5.56 Å². The maximum Gasteiger partial charge on any atom is 0.257 e. The molecule has 0 bridgehead atoms. The standard InChI is InChI=1S/C19H14Cl2FN3O/c20-14-7-15(21)9-16(8-14)25-19(26)13-5-6-18(24-11-13)23-10-12-3-1-2-4-17(12)22/h1-9,11H,10H2,(H,23,24)(H,25,26). The average Bonchev–Trinajstić information content (AvgIpc) is 2.60. The molecule has 1 amide bonds. The number of hydrogen-bond donors (Lipinski definition) is 2. The van der Waals surface area contributed by atoms with Gasteiger partial charge in [-0.1, -0.05) is 41.4 Å². The third-order valence-corrected chi connectivity index (χ3v) is 4.00. The summed E-state index contributed by atoms with van der Waals surface area (Å²) in [4.78, 5) is 16.4. The molecule has 132 valence electrons. The summed E-state index contributed by atoms with van der Waals surface area (Å²) < 4.78 is 13.6. The van der Waals surface area contributed by atoms with Crippen molar-refractivity contribution in [2.24, 2.45) is 0 Å². The zero-order valence-corrected chi connectivity index (χ0v) is 15.0. The topological polar surface area (TPSA) is 54.0 Å². The van der Waals surface area contributed by atoms with Gasteiger partial charge in [-0.15, -0.1) is 0 Å². The first-order chi connectivity index (χ1) is 12.5. The summed E-state index contributed by atoms with van der Waals surface area (Å²) in [7, 11) is 0. The van der Waals surface area contributed by atoms with Crippen molar-refractivity contribution >= 4 is 40.6 Å². The lowest BCUT2D eigenvalue weighted by atomic mass is 10.2. The van der Waals surface area contributed by atoms with Crippen molar-refractivity contribution < 1.29 is 9.18 Å². The Morgan fingerprint density at radius 1 is 1.04 bits per heavy atom. The molecule has 4 nitrogen and oxygen atoms in total. The van der Waals surface area contributed by atoms with E-state index in [1.54, 1.807) is 48.5 Å². The van der Waals surface area contributed by atoms with Crippen molar-refractivity contribution in [1.29, 1.82) is 0 Å². The van der Waals surface area contributed by atoms with E-state index in [4.69, 9.17) is 23.2 Å². The van der Waals surface area contributed by atoms with Crippen molar-refractivity contribution in [1.82, 2.24) is 4.98 Å². The second kappa shape index (κ2) is 8.17. The van der Waals surface area contributed by atoms with E-state index >= 15 is 0 Å². The first-order valence-corrected chi connectivity index (χ1v) is 8.47. The lowest BCUT2D eigenvalue weighted by Crippen LogP contribution is -2.12. The van der Waals surface area contributed by atoms with E-state index in [1.807, 2.05) is 0 Å². The second-order valence-electron chi connectivity index (χ2n) is 5.49. The van der Waals surface area contributed by atoms with Crippen molar-refractivity contribution in [3.05, 3.63) is 87.8 Å². The fourth-order valence-corrected chi connectivity index (χ4v) is 2.82. The molecule has 2 N–H and O–H groups in total. The minimum absolute atomic E-state index is 0.281. The molecule has 0 fully saturated rings. The number of benzene rings is 2. The van der Waals surface area contributed by atoms with Gasteiger partial charge in [0.25, 0.3) is 5.91 Å². The van der Waals surface area contributed by atoms with Crippen LogP contribution in [0, 0.1) is 5.82 Å². The molecule has 1 heterocycles. The van der Waals surface area contributed by atoms with Gasteiger partial charge < -0.3 is 10.6 Å². The molecule has 1 aromatic heterocycles. The van der Waals surface area contributed by atoms with Gasteiger partial charge in [0, 0.05) is 34.0 Å². The van der Waals surface area contributed by atoms with E-state index in [0.717, 1.165) is 0 Å². The molecular formula is C19H14Cl2FN3O. The predicted octanol–water partition coefficient (Wildman–Crippen LogP) is 5.39. The highest BCUT2D eigenvalue weighted by Crippen LogP contribution is 2.23. The predicted molar refractivity (Wildman–Crippen MR) is 102 cm³/mol. The minimum atomic E-state index is -0.337. The van der Waals surface area contributed by atoms with Gasteiger partial charge in [-0.25, -0.2) is 9.37 Å². The summed E-state index contributed by atoms with van der Waals surface area (Å²) in [5, 5.41) is 6.58.